The summed E-state index contributed by atoms with van der Waals surface area (Å²) in [4.78, 5) is 10.7. The van der Waals surface area contributed by atoms with Crippen LogP contribution in [0.1, 0.15) is 16.7 Å². The molecular weight excluding hydrogens is 287 g/mol. The van der Waals surface area contributed by atoms with Gasteiger partial charge >= 0.3 is 12.3 Å². The molecular formula is C11H7ClF3NO3. The molecule has 1 aromatic rings. The molecule has 0 bridgehead atoms. The van der Waals surface area contributed by atoms with E-state index in [1.165, 1.54) is 12.1 Å². The molecule has 0 aliphatic rings. The Morgan fingerprint density at radius 3 is 2.53 bits per heavy atom. The van der Waals surface area contributed by atoms with Crippen molar-refractivity contribution in [2.24, 2.45) is 0 Å². The molecule has 0 atom stereocenters. The molecule has 1 aromatic carbocycles. The highest BCUT2D eigenvalue weighted by Crippen LogP contribution is 2.33. The third-order valence-corrected chi connectivity index (χ3v) is 2.46. The van der Waals surface area contributed by atoms with E-state index >= 15 is 0 Å². The van der Waals surface area contributed by atoms with Crippen LogP contribution in [0.5, 0.6) is 5.75 Å². The first-order valence-corrected chi connectivity index (χ1v) is 5.40. The molecule has 0 heterocycles. The Kier molecular flexibility index (Phi) is 4.62. The Bertz CT molecular complexity index is 537. The molecule has 8 heteroatoms. The van der Waals surface area contributed by atoms with E-state index in [0.29, 0.717) is 0 Å². The Labute approximate surface area is 111 Å². The summed E-state index contributed by atoms with van der Waals surface area (Å²) >= 11 is 5.54. The number of nitriles is 1. The van der Waals surface area contributed by atoms with E-state index in [1.54, 1.807) is 0 Å². The van der Waals surface area contributed by atoms with Crippen molar-refractivity contribution < 1.29 is 27.8 Å². The van der Waals surface area contributed by atoms with Gasteiger partial charge in [0.2, 0.25) is 0 Å². The lowest BCUT2D eigenvalue weighted by atomic mass is 10.0. The van der Waals surface area contributed by atoms with Crippen molar-refractivity contribution in [1.82, 2.24) is 0 Å². The zero-order chi connectivity index (χ0) is 14.6. The van der Waals surface area contributed by atoms with Crippen LogP contribution in [-0.4, -0.2) is 17.4 Å². The summed E-state index contributed by atoms with van der Waals surface area (Å²) in [6.07, 6.45) is -5.74. The SMILES string of the molecule is N#Cc1ccc(CCl)c(CC(=O)O)c1OC(F)(F)F. The van der Waals surface area contributed by atoms with E-state index in [9.17, 15) is 18.0 Å². The average Bonchev–Trinajstić information content (AvgIpc) is 2.28. The van der Waals surface area contributed by atoms with E-state index in [2.05, 4.69) is 4.74 Å². The molecule has 1 rings (SSSR count). The molecule has 4 nitrogen and oxygen atoms in total. The minimum Gasteiger partial charge on any atom is -0.481 e. The number of hydrogen-bond donors (Lipinski definition) is 1. The van der Waals surface area contributed by atoms with Crippen LogP contribution in [0.25, 0.3) is 0 Å². The molecule has 0 unspecified atom stereocenters. The molecule has 0 aliphatic carbocycles. The van der Waals surface area contributed by atoms with E-state index in [4.69, 9.17) is 22.0 Å². The fourth-order valence-electron chi connectivity index (χ4n) is 1.46. The molecule has 0 aromatic heterocycles. The van der Waals surface area contributed by atoms with Crippen LogP contribution >= 0.6 is 11.6 Å². The molecule has 19 heavy (non-hydrogen) atoms. The summed E-state index contributed by atoms with van der Waals surface area (Å²) < 4.78 is 40.6. The maximum atomic E-state index is 12.3. The molecule has 0 amide bonds. The maximum Gasteiger partial charge on any atom is 0.573 e. The number of hydrogen-bond acceptors (Lipinski definition) is 3. The third kappa shape index (κ3) is 4.03. The molecule has 1 N–H and O–H groups in total. The van der Waals surface area contributed by atoms with Gasteiger partial charge in [0.1, 0.15) is 6.07 Å². The summed E-state index contributed by atoms with van der Waals surface area (Å²) in [7, 11) is 0. The number of aliphatic carboxylic acids is 1. The predicted octanol–water partition coefficient (Wildman–Crippen LogP) is 2.82. The Balaban J connectivity index is 3.43. The van der Waals surface area contributed by atoms with Crippen LogP contribution in [0.2, 0.25) is 0 Å². The lowest BCUT2D eigenvalue weighted by Crippen LogP contribution is -2.20. The normalized spacial score (nSPS) is 10.9. The van der Waals surface area contributed by atoms with Crippen molar-refractivity contribution in [2.75, 3.05) is 0 Å². The van der Waals surface area contributed by atoms with Gasteiger partial charge in [-0.05, 0) is 11.6 Å². The van der Waals surface area contributed by atoms with Crippen LogP contribution in [-0.2, 0) is 17.1 Å². The molecule has 0 fully saturated rings. The van der Waals surface area contributed by atoms with Gasteiger partial charge in [-0.3, -0.25) is 4.79 Å². The third-order valence-electron chi connectivity index (χ3n) is 2.17. The highest BCUT2D eigenvalue weighted by atomic mass is 35.5. The van der Waals surface area contributed by atoms with E-state index in [-0.39, 0.29) is 17.0 Å². The Hall–Kier alpha value is -1.94. The Morgan fingerprint density at radius 2 is 2.11 bits per heavy atom. The lowest BCUT2D eigenvalue weighted by Gasteiger charge is -2.16. The van der Waals surface area contributed by atoms with Gasteiger partial charge in [-0.1, -0.05) is 6.07 Å². The van der Waals surface area contributed by atoms with Gasteiger partial charge in [-0.2, -0.15) is 5.26 Å². The first-order valence-electron chi connectivity index (χ1n) is 4.87. The van der Waals surface area contributed by atoms with E-state index < -0.39 is 30.1 Å². The maximum absolute atomic E-state index is 12.3. The minimum atomic E-state index is -5.02. The second-order valence-corrected chi connectivity index (χ2v) is 3.71. The van der Waals surface area contributed by atoms with Crippen LogP contribution < -0.4 is 4.74 Å². The van der Waals surface area contributed by atoms with Gasteiger partial charge in [0.15, 0.2) is 5.75 Å². The topological polar surface area (TPSA) is 70.3 Å². The number of halogens is 4. The van der Waals surface area contributed by atoms with Gasteiger partial charge in [0.25, 0.3) is 0 Å². The summed E-state index contributed by atoms with van der Waals surface area (Å²) in [5.74, 6) is -2.35. The number of carbonyl (C=O) groups is 1. The van der Waals surface area contributed by atoms with Crippen LogP contribution in [0.3, 0.4) is 0 Å². The van der Waals surface area contributed by atoms with Gasteiger partial charge in [-0.15, -0.1) is 24.8 Å². The molecule has 0 aliphatic heterocycles. The molecule has 0 radical (unpaired) electrons. The molecule has 0 saturated carbocycles. The monoisotopic (exact) mass is 293 g/mol. The number of carboxylic acid groups (broad SMARTS) is 1. The smallest absolute Gasteiger partial charge is 0.481 e. The lowest BCUT2D eigenvalue weighted by molar-refractivity contribution is -0.275. The number of carboxylic acids is 1. The number of nitrogens with zero attached hydrogens (tertiary/aromatic N) is 1. The second-order valence-electron chi connectivity index (χ2n) is 3.44. The highest BCUT2D eigenvalue weighted by Gasteiger charge is 2.34. The number of alkyl halides is 4. The summed E-state index contributed by atoms with van der Waals surface area (Å²) in [6, 6.07) is 3.92. The predicted molar refractivity (Wildman–Crippen MR) is 58.7 cm³/mol. The van der Waals surface area contributed by atoms with E-state index in [0.717, 1.165) is 6.07 Å². The number of rotatable bonds is 4. The largest absolute Gasteiger partial charge is 0.573 e. The van der Waals surface area contributed by atoms with Crippen molar-refractivity contribution in [2.45, 2.75) is 18.7 Å². The molecule has 0 saturated heterocycles. The van der Waals surface area contributed by atoms with Crippen LogP contribution in [0, 0.1) is 11.3 Å². The zero-order valence-corrected chi connectivity index (χ0v) is 10.0. The first-order chi connectivity index (χ1) is 8.78. The van der Waals surface area contributed by atoms with E-state index in [1.807, 2.05) is 0 Å². The van der Waals surface area contributed by atoms with Crippen molar-refractivity contribution in [1.29, 1.82) is 5.26 Å². The molecule has 0 spiro atoms. The minimum absolute atomic E-state index is 0.169. The first kappa shape index (κ1) is 15.1. The van der Waals surface area contributed by atoms with Crippen molar-refractivity contribution in [3.8, 4) is 11.8 Å². The zero-order valence-electron chi connectivity index (χ0n) is 9.29. The molecule has 102 valence electrons. The van der Waals surface area contributed by atoms with Crippen LogP contribution in [0.4, 0.5) is 13.2 Å². The summed E-state index contributed by atoms with van der Waals surface area (Å²) in [5.41, 5.74) is -0.483. The summed E-state index contributed by atoms with van der Waals surface area (Å²) in [5, 5.41) is 17.5. The average molecular weight is 294 g/mol. The fourth-order valence-corrected chi connectivity index (χ4v) is 1.71. The highest BCUT2D eigenvalue weighted by molar-refractivity contribution is 6.17. The number of benzene rings is 1. The number of ether oxygens (including phenoxy) is 1. The second kappa shape index (κ2) is 5.80. The standard InChI is InChI=1S/C11H7ClF3NO3/c12-4-6-1-2-7(5-16)10(19-11(13,14)15)8(6)3-9(17)18/h1-2H,3-4H2,(H,17,18). The van der Waals surface area contributed by atoms with Crippen molar-refractivity contribution in [3.63, 3.8) is 0 Å². The van der Waals surface area contributed by atoms with Gasteiger partial charge in [0.05, 0.1) is 12.0 Å². The Morgan fingerprint density at radius 1 is 1.47 bits per heavy atom. The fraction of sp³-hybridized carbons (Fsp3) is 0.273. The van der Waals surface area contributed by atoms with Crippen molar-refractivity contribution >= 4 is 17.6 Å². The van der Waals surface area contributed by atoms with Crippen molar-refractivity contribution in [3.05, 3.63) is 28.8 Å². The summed E-state index contributed by atoms with van der Waals surface area (Å²) in [6.45, 7) is 0. The van der Waals surface area contributed by atoms with Crippen LogP contribution in [0.15, 0.2) is 12.1 Å². The quantitative estimate of drug-likeness (QED) is 0.867. The van der Waals surface area contributed by atoms with Gasteiger partial charge in [0, 0.05) is 11.4 Å². The van der Waals surface area contributed by atoms with Gasteiger partial charge in [-0.25, -0.2) is 0 Å². The van der Waals surface area contributed by atoms with Gasteiger partial charge < -0.3 is 9.84 Å².